The summed E-state index contributed by atoms with van der Waals surface area (Å²) in [6.45, 7) is 2.19. The number of fused-ring (bicyclic) bond motifs is 1. The minimum Gasteiger partial charge on any atom is -0.371 e. The maximum Gasteiger partial charge on any atom is 0.123 e. The summed E-state index contributed by atoms with van der Waals surface area (Å²) >= 11 is 0. The van der Waals surface area contributed by atoms with Crippen LogP contribution in [0.3, 0.4) is 0 Å². The molecule has 2 nitrogen and oxygen atoms in total. The lowest BCUT2D eigenvalue weighted by atomic mass is 10.1. The van der Waals surface area contributed by atoms with E-state index in [4.69, 9.17) is 4.98 Å². The SMILES string of the molecule is Fc1ccc(-c2cc(N3CCCC3)c3ccccc3n2)cc1. The van der Waals surface area contributed by atoms with Crippen LogP contribution in [0.1, 0.15) is 12.8 Å². The number of anilines is 1. The van der Waals surface area contributed by atoms with Gasteiger partial charge in [-0.15, -0.1) is 0 Å². The maximum atomic E-state index is 13.2. The Labute approximate surface area is 129 Å². The van der Waals surface area contributed by atoms with Crippen molar-refractivity contribution in [3.8, 4) is 11.3 Å². The van der Waals surface area contributed by atoms with Gasteiger partial charge in [0.1, 0.15) is 5.82 Å². The fraction of sp³-hybridized carbons (Fsp3) is 0.211. The first kappa shape index (κ1) is 13.3. The fourth-order valence-electron chi connectivity index (χ4n) is 3.15. The minimum absolute atomic E-state index is 0.218. The van der Waals surface area contributed by atoms with E-state index in [9.17, 15) is 4.39 Å². The van der Waals surface area contributed by atoms with Crippen molar-refractivity contribution in [2.75, 3.05) is 18.0 Å². The van der Waals surface area contributed by atoms with Crippen LogP contribution in [0.15, 0.2) is 54.6 Å². The van der Waals surface area contributed by atoms with Crippen LogP contribution in [0.25, 0.3) is 22.2 Å². The molecular formula is C19H17FN2. The van der Waals surface area contributed by atoms with Crippen LogP contribution in [0, 0.1) is 5.82 Å². The van der Waals surface area contributed by atoms with Gasteiger partial charge in [0, 0.05) is 29.7 Å². The van der Waals surface area contributed by atoms with Crippen molar-refractivity contribution in [1.82, 2.24) is 4.98 Å². The lowest BCUT2D eigenvalue weighted by Crippen LogP contribution is -2.18. The van der Waals surface area contributed by atoms with E-state index in [-0.39, 0.29) is 5.82 Å². The molecule has 22 heavy (non-hydrogen) atoms. The number of pyridine rings is 1. The molecule has 0 bridgehead atoms. The average Bonchev–Trinajstić information content (AvgIpc) is 3.09. The lowest BCUT2D eigenvalue weighted by molar-refractivity contribution is 0.628. The Morgan fingerprint density at radius 3 is 2.41 bits per heavy atom. The van der Waals surface area contributed by atoms with Gasteiger partial charge in [0.15, 0.2) is 0 Å². The summed E-state index contributed by atoms with van der Waals surface area (Å²) in [5.74, 6) is -0.218. The number of hydrogen-bond acceptors (Lipinski definition) is 2. The van der Waals surface area contributed by atoms with Crippen molar-refractivity contribution >= 4 is 16.6 Å². The molecule has 2 aromatic carbocycles. The summed E-state index contributed by atoms with van der Waals surface area (Å²) < 4.78 is 13.2. The smallest absolute Gasteiger partial charge is 0.123 e. The van der Waals surface area contributed by atoms with E-state index < -0.39 is 0 Å². The molecule has 2 heterocycles. The molecule has 0 aliphatic carbocycles. The van der Waals surface area contributed by atoms with Crippen LogP contribution in [-0.4, -0.2) is 18.1 Å². The molecule has 0 spiro atoms. The quantitative estimate of drug-likeness (QED) is 0.684. The molecule has 110 valence electrons. The molecule has 1 aliphatic heterocycles. The zero-order chi connectivity index (χ0) is 14.9. The fourth-order valence-corrected chi connectivity index (χ4v) is 3.15. The summed E-state index contributed by atoms with van der Waals surface area (Å²) in [5.41, 5.74) is 4.09. The Morgan fingerprint density at radius 1 is 0.909 bits per heavy atom. The predicted octanol–water partition coefficient (Wildman–Crippen LogP) is 4.64. The van der Waals surface area contributed by atoms with E-state index in [1.54, 1.807) is 12.1 Å². The third-order valence-electron chi connectivity index (χ3n) is 4.28. The first-order valence-electron chi connectivity index (χ1n) is 7.72. The molecule has 4 rings (SSSR count). The molecule has 0 unspecified atom stereocenters. The molecule has 0 radical (unpaired) electrons. The van der Waals surface area contributed by atoms with E-state index in [1.807, 2.05) is 12.1 Å². The highest BCUT2D eigenvalue weighted by Crippen LogP contribution is 2.32. The van der Waals surface area contributed by atoms with E-state index in [2.05, 4.69) is 23.1 Å². The van der Waals surface area contributed by atoms with Gasteiger partial charge in [-0.1, -0.05) is 18.2 Å². The summed E-state index contributed by atoms with van der Waals surface area (Å²) in [6.07, 6.45) is 2.48. The number of nitrogens with zero attached hydrogens (tertiary/aromatic N) is 2. The third kappa shape index (κ3) is 2.33. The molecule has 0 atom stereocenters. The van der Waals surface area contributed by atoms with E-state index >= 15 is 0 Å². The van der Waals surface area contributed by atoms with Gasteiger partial charge in [-0.05, 0) is 49.2 Å². The topological polar surface area (TPSA) is 16.1 Å². The second-order valence-corrected chi connectivity index (χ2v) is 5.74. The summed E-state index contributed by atoms with van der Waals surface area (Å²) in [6, 6.07) is 16.9. The Morgan fingerprint density at radius 2 is 1.64 bits per heavy atom. The van der Waals surface area contributed by atoms with E-state index in [1.165, 1.54) is 36.0 Å². The number of para-hydroxylation sites is 1. The first-order valence-corrected chi connectivity index (χ1v) is 7.72. The van der Waals surface area contributed by atoms with Gasteiger partial charge < -0.3 is 4.90 Å². The van der Waals surface area contributed by atoms with Gasteiger partial charge in [-0.25, -0.2) is 9.37 Å². The predicted molar refractivity (Wildman–Crippen MR) is 88.6 cm³/mol. The number of halogens is 1. The van der Waals surface area contributed by atoms with Gasteiger partial charge in [-0.3, -0.25) is 0 Å². The number of rotatable bonds is 2. The average molecular weight is 292 g/mol. The normalized spacial score (nSPS) is 14.7. The molecule has 1 aromatic heterocycles. The molecule has 1 saturated heterocycles. The van der Waals surface area contributed by atoms with Gasteiger partial charge >= 0.3 is 0 Å². The highest BCUT2D eigenvalue weighted by molar-refractivity contribution is 5.94. The van der Waals surface area contributed by atoms with Crippen molar-refractivity contribution in [1.29, 1.82) is 0 Å². The summed E-state index contributed by atoms with van der Waals surface area (Å²) in [4.78, 5) is 7.19. The van der Waals surface area contributed by atoms with Gasteiger partial charge in [0.05, 0.1) is 11.2 Å². The van der Waals surface area contributed by atoms with Crippen LogP contribution in [0.2, 0.25) is 0 Å². The third-order valence-corrected chi connectivity index (χ3v) is 4.28. The largest absolute Gasteiger partial charge is 0.371 e. The molecule has 1 fully saturated rings. The van der Waals surface area contributed by atoms with Crippen LogP contribution in [0.4, 0.5) is 10.1 Å². The molecule has 0 N–H and O–H groups in total. The summed E-state index contributed by atoms with van der Waals surface area (Å²) in [7, 11) is 0. The van der Waals surface area contributed by atoms with Crippen LogP contribution in [0.5, 0.6) is 0 Å². The Balaban J connectivity index is 1.90. The highest BCUT2D eigenvalue weighted by Gasteiger charge is 2.16. The van der Waals surface area contributed by atoms with Crippen molar-refractivity contribution in [3.05, 3.63) is 60.4 Å². The Bertz CT molecular complexity index is 805. The minimum atomic E-state index is -0.218. The number of aromatic nitrogens is 1. The number of benzene rings is 2. The Hall–Kier alpha value is -2.42. The second kappa shape index (κ2) is 5.41. The maximum absolute atomic E-state index is 13.2. The van der Waals surface area contributed by atoms with Gasteiger partial charge in [0.2, 0.25) is 0 Å². The van der Waals surface area contributed by atoms with Crippen molar-refractivity contribution < 1.29 is 4.39 Å². The molecule has 0 amide bonds. The Kier molecular flexibility index (Phi) is 3.26. The van der Waals surface area contributed by atoms with Crippen molar-refractivity contribution in [2.45, 2.75) is 12.8 Å². The highest BCUT2D eigenvalue weighted by atomic mass is 19.1. The molecule has 3 heteroatoms. The monoisotopic (exact) mass is 292 g/mol. The summed E-state index contributed by atoms with van der Waals surface area (Å²) in [5, 5.41) is 1.19. The zero-order valence-electron chi connectivity index (χ0n) is 12.3. The van der Waals surface area contributed by atoms with Crippen LogP contribution < -0.4 is 4.90 Å². The van der Waals surface area contributed by atoms with Crippen LogP contribution in [-0.2, 0) is 0 Å². The second-order valence-electron chi connectivity index (χ2n) is 5.74. The van der Waals surface area contributed by atoms with E-state index in [0.717, 1.165) is 29.9 Å². The van der Waals surface area contributed by atoms with E-state index in [0.29, 0.717) is 0 Å². The van der Waals surface area contributed by atoms with Crippen molar-refractivity contribution in [3.63, 3.8) is 0 Å². The van der Waals surface area contributed by atoms with Crippen LogP contribution >= 0.6 is 0 Å². The standard InChI is InChI=1S/C19H17FN2/c20-15-9-7-14(8-10-15)18-13-19(22-11-3-4-12-22)16-5-1-2-6-17(16)21-18/h1-2,5-10,13H,3-4,11-12H2. The van der Waals surface area contributed by atoms with Crippen molar-refractivity contribution in [2.24, 2.45) is 0 Å². The molecular weight excluding hydrogens is 275 g/mol. The molecule has 0 saturated carbocycles. The van der Waals surface area contributed by atoms with Gasteiger partial charge in [0.25, 0.3) is 0 Å². The number of hydrogen-bond donors (Lipinski definition) is 0. The first-order chi connectivity index (χ1) is 10.8. The molecule has 3 aromatic rings. The molecule has 1 aliphatic rings. The lowest BCUT2D eigenvalue weighted by Gasteiger charge is -2.20. The zero-order valence-corrected chi connectivity index (χ0v) is 12.3. The van der Waals surface area contributed by atoms with Gasteiger partial charge in [-0.2, -0.15) is 0 Å².